The molecule has 0 N–H and O–H groups in total. The van der Waals surface area contributed by atoms with Crippen LogP contribution in [0.2, 0.25) is 0 Å². The third-order valence-electron chi connectivity index (χ3n) is 3.45. The lowest BCUT2D eigenvalue weighted by Gasteiger charge is -2.27. The first-order valence-corrected chi connectivity index (χ1v) is 6.46. The number of rotatable bonds is 2. The molecule has 1 aliphatic rings. The van der Waals surface area contributed by atoms with E-state index in [-0.39, 0.29) is 11.8 Å². The number of hydrogen-bond acceptors (Lipinski definition) is 2. The highest BCUT2D eigenvalue weighted by Gasteiger charge is 2.27. The van der Waals surface area contributed by atoms with E-state index in [2.05, 4.69) is 26.0 Å². The summed E-state index contributed by atoms with van der Waals surface area (Å²) in [6, 6.07) is 6.31. The van der Waals surface area contributed by atoms with Crippen molar-refractivity contribution in [1.82, 2.24) is 4.90 Å². The number of carbonyl (C=O) groups excluding carboxylic acids is 1. The Hall–Kier alpha value is -1.51. The van der Waals surface area contributed by atoms with Gasteiger partial charge in [-0.2, -0.15) is 0 Å². The van der Waals surface area contributed by atoms with Crippen LogP contribution in [0.3, 0.4) is 0 Å². The molecule has 0 radical (unpaired) electrons. The molecule has 1 unspecified atom stereocenters. The highest BCUT2D eigenvalue weighted by molar-refractivity contribution is 5.79. The molecule has 0 aliphatic carbocycles. The molecule has 3 heteroatoms. The van der Waals surface area contributed by atoms with Gasteiger partial charge in [-0.15, -0.1) is 0 Å². The van der Waals surface area contributed by atoms with Crippen LogP contribution in [-0.4, -0.2) is 31.5 Å². The molecule has 2 rings (SSSR count). The number of ether oxygens (including phenoxy) is 1. The summed E-state index contributed by atoms with van der Waals surface area (Å²) < 4.78 is 5.69. The molecule has 0 saturated carbocycles. The van der Waals surface area contributed by atoms with Gasteiger partial charge in [-0.05, 0) is 29.5 Å². The minimum absolute atomic E-state index is 0.0464. The van der Waals surface area contributed by atoms with E-state index in [1.807, 2.05) is 6.07 Å². The van der Waals surface area contributed by atoms with Gasteiger partial charge < -0.3 is 9.64 Å². The Kier molecular flexibility index (Phi) is 3.60. The van der Waals surface area contributed by atoms with Crippen LogP contribution in [0.5, 0.6) is 5.75 Å². The van der Waals surface area contributed by atoms with Crippen LogP contribution in [0.4, 0.5) is 0 Å². The summed E-state index contributed by atoms with van der Waals surface area (Å²) in [7, 11) is 3.59. The monoisotopic (exact) mass is 247 g/mol. The van der Waals surface area contributed by atoms with Gasteiger partial charge in [0, 0.05) is 14.1 Å². The number of benzene rings is 1. The molecule has 18 heavy (non-hydrogen) atoms. The lowest BCUT2D eigenvalue weighted by Crippen LogP contribution is -2.36. The van der Waals surface area contributed by atoms with Crippen molar-refractivity contribution >= 4 is 5.91 Å². The maximum absolute atomic E-state index is 12.0. The SMILES string of the molecule is CC(C)c1ccc2c(c1)CC(C(=O)N(C)C)CO2. The highest BCUT2D eigenvalue weighted by Crippen LogP contribution is 2.30. The van der Waals surface area contributed by atoms with Gasteiger partial charge in [-0.1, -0.05) is 26.0 Å². The lowest BCUT2D eigenvalue weighted by molar-refractivity contribution is -0.134. The topological polar surface area (TPSA) is 29.5 Å². The minimum atomic E-state index is -0.0464. The summed E-state index contributed by atoms with van der Waals surface area (Å²) in [4.78, 5) is 13.6. The summed E-state index contributed by atoms with van der Waals surface area (Å²) in [5.41, 5.74) is 2.46. The van der Waals surface area contributed by atoms with E-state index in [1.165, 1.54) is 5.56 Å². The number of nitrogens with zero attached hydrogens (tertiary/aromatic N) is 1. The van der Waals surface area contributed by atoms with Crippen molar-refractivity contribution in [2.75, 3.05) is 20.7 Å². The van der Waals surface area contributed by atoms with Crippen molar-refractivity contribution in [3.8, 4) is 5.75 Å². The first-order chi connectivity index (χ1) is 8.49. The molecule has 3 nitrogen and oxygen atoms in total. The van der Waals surface area contributed by atoms with Crippen molar-refractivity contribution in [1.29, 1.82) is 0 Å². The average molecular weight is 247 g/mol. The molecule has 1 aromatic rings. The second-order valence-electron chi connectivity index (χ2n) is 5.47. The van der Waals surface area contributed by atoms with Crippen LogP contribution >= 0.6 is 0 Å². The zero-order valence-electron chi connectivity index (χ0n) is 11.6. The quantitative estimate of drug-likeness (QED) is 0.803. The largest absolute Gasteiger partial charge is 0.492 e. The van der Waals surface area contributed by atoms with E-state index in [0.29, 0.717) is 12.5 Å². The fourth-order valence-electron chi connectivity index (χ4n) is 2.30. The van der Waals surface area contributed by atoms with E-state index in [1.54, 1.807) is 19.0 Å². The summed E-state index contributed by atoms with van der Waals surface area (Å²) in [6.45, 7) is 4.84. The predicted molar refractivity (Wildman–Crippen MR) is 71.9 cm³/mol. The fraction of sp³-hybridized carbons (Fsp3) is 0.533. The summed E-state index contributed by atoms with van der Waals surface area (Å²) >= 11 is 0. The standard InChI is InChI=1S/C15H21NO2/c1-10(2)11-5-6-14-12(7-11)8-13(9-18-14)15(17)16(3)4/h5-7,10,13H,8-9H2,1-4H3. The zero-order valence-corrected chi connectivity index (χ0v) is 11.6. The number of fused-ring (bicyclic) bond motifs is 1. The van der Waals surface area contributed by atoms with Crippen LogP contribution in [0.25, 0.3) is 0 Å². The number of amides is 1. The Balaban J connectivity index is 2.22. The van der Waals surface area contributed by atoms with Crippen molar-refractivity contribution in [3.63, 3.8) is 0 Å². The number of hydrogen-bond donors (Lipinski definition) is 0. The van der Waals surface area contributed by atoms with Crippen molar-refractivity contribution in [3.05, 3.63) is 29.3 Å². The summed E-state index contributed by atoms with van der Waals surface area (Å²) in [5.74, 6) is 1.54. The van der Waals surface area contributed by atoms with Gasteiger partial charge in [-0.25, -0.2) is 0 Å². The molecule has 1 heterocycles. The van der Waals surface area contributed by atoms with Crippen molar-refractivity contribution in [2.45, 2.75) is 26.2 Å². The second-order valence-corrected chi connectivity index (χ2v) is 5.47. The molecular formula is C15H21NO2. The Bertz CT molecular complexity index is 452. The molecule has 0 fully saturated rings. The lowest BCUT2D eigenvalue weighted by atomic mass is 9.92. The first-order valence-electron chi connectivity index (χ1n) is 6.46. The van der Waals surface area contributed by atoms with E-state index in [4.69, 9.17) is 4.74 Å². The molecule has 0 bridgehead atoms. The zero-order chi connectivity index (χ0) is 13.3. The molecule has 0 spiro atoms. The van der Waals surface area contributed by atoms with Gasteiger partial charge in [-0.3, -0.25) is 4.79 Å². The average Bonchev–Trinajstić information content (AvgIpc) is 2.36. The highest BCUT2D eigenvalue weighted by atomic mass is 16.5. The molecule has 1 aliphatic heterocycles. The van der Waals surface area contributed by atoms with Crippen LogP contribution in [0.1, 0.15) is 30.9 Å². The third-order valence-corrected chi connectivity index (χ3v) is 3.45. The van der Waals surface area contributed by atoms with Gasteiger partial charge in [0.05, 0.1) is 5.92 Å². The maximum atomic E-state index is 12.0. The smallest absolute Gasteiger partial charge is 0.228 e. The van der Waals surface area contributed by atoms with Crippen LogP contribution in [-0.2, 0) is 11.2 Å². The van der Waals surface area contributed by atoms with E-state index >= 15 is 0 Å². The maximum Gasteiger partial charge on any atom is 0.228 e. The normalized spacial score (nSPS) is 18.2. The van der Waals surface area contributed by atoms with Gasteiger partial charge in [0.2, 0.25) is 5.91 Å². The first kappa shape index (κ1) is 12.9. The molecule has 0 saturated heterocycles. The third kappa shape index (κ3) is 2.50. The molecule has 1 atom stereocenters. The van der Waals surface area contributed by atoms with Gasteiger partial charge >= 0.3 is 0 Å². The van der Waals surface area contributed by atoms with Gasteiger partial charge in [0.1, 0.15) is 12.4 Å². The van der Waals surface area contributed by atoms with Crippen LogP contribution < -0.4 is 4.74 Å². The van der Waals surface area contributed by atoms with Gasteiger partial charge in [0.25, 0.3) is 0 Å². The Labute approximate surface area is 109 Å². The predicted octanol–water partition coefficient (Wildman–Crippen LogP) is 2.45. The van der Waals surface area contributed by atoms with Crippen molar-refractivity contribution < 1.29 is 9.53 Å². The minimum Gasteiger partial charge on any atom is -0.492 e. The van der Waals surface area contributed by atoms with Gasteiger partial charge in [0.15, 0.2) is 0 Å². The Morgan fingerprint density at radius 2 is 2.11 bits per heavy atom. The molecule has 0 aromatic heterocycles. The summed E-state index contributed by atoms with van der Waals surface area (Å²) in [5, 5.41) is 0. The van der Waals surface area contributed by atoms with E-state index in [9.17, 15) is 4.79 Å². The van der Waals surface area contributed by atoms with Crippen molar-refractivity contribution in [2.24, 2.45) is 5.92 Å². The molecule has 98 valence electrons. The molecular weight excluding hydrogens is 226 g/mol. The Morgan fingerprint density at radius 1 is 1.39 bits per heavy atom. The van der Waals surface area contributed by atoms with Crippen LogP contribution in [0, 0.1) is 5.92 Å². The molecule has 1 aromatic carbocycles. The van der Waals surface area contributed by atoms with E-state index in [0.717, 1.165) is 17.7 Å². The second kappa shape index (κ2) is 5.01. The fourth-order valence-corrected chi connectivity index (χ4v) is 2.30. The van der Waals surface area contributed by atoms with Crippen LogP contribution in [0.15, 0.2) is 18.2 Å². The number of carbonyl (C=O) groups is 1. The molecule has 1 amide bonds. The summed E-state index contributed by atoms with van der Waals surface area (Å²) in [6.07, 6.45) is 0.785. The van der Waals surface area contributed by atoms with E-state index < -0.39 is 0 Å². The Morgan fingerprint density at radius 3 is 2.72 bits per heavy atom.